The van der Waals surface area contributed by atoms with Crippen molar-refractivity contribution in [2.24, 2.45) is 0 Å². The molecule has 210 valence electrons. The minimum atomic E-state index is -4.83. The van der Waals surface area contributed by atoms with Gasteiger partial charge in [0.1, 0.15) is 11.4 Å². The molecule has 3 aromatic heterocycles. The fourth-order valence-corrected chi connectivity index (χ4v) is 3.85. The third-order valence-electron chi connectivity index (χ3n) is 5.75. The summed E-state index contributed by atoms with van der Waals surface area (Å²) in [6, 6.07) is 12.3. The maximum absolute atomic E-state index is 12.8. The fourth-order valence-electron chi connectivity index (χ4n) is 3.85. The first-order valence-electron chi connectivity index (χ1n) is 12.4. The van der Waals surface area contributed by atoms with E-state index in [2.05, 4.69) is 40.9 Å². The minimum Gasteiger partial charge on any atom is -0.405 e. The number of unbranched alkanes of at least 4 members (excludes halogenated alkanes) is 1. The van der Waals surface area contributed by atoms with Crippen LogP contribution in [0.5, 0.6) is 5.75 Å². The van der Waals surface area contributed by atoms with E-state index in [0.29, 0.717) is 29.9 Å². The van der Waals surface area contributed by atoms with Gasteiger partial charge < -0.3 is 15.2 Å². The smallest absolute Gasteiger partial charge is 0.405 e. The quantitative estimate of drug-likeness (QED) is 0.177. The SMILES string of the molecule is CNC(O)c1cn(CCCCc2ccc(NC(=O)Cc3cc(-c4ccccc4OC(F)(F)F)ccn3)nn2)nn1. The van der Waals surface area contributed by atoms with E-state index in [-0.39, 0.29) is 23.6 Å². The number of rotatable bonds is 12. The van der Waals surface area contributed by atoms with Gasteiger partial charge in [0.2, 0.25) is 5.91 Å². The first-order chi connectivity index (χ1) is 19.2. The van der Waals surface area contributed by atoms with Gasteiger partial charge in [-0.3, -0.25) is 19.8 Å². The van der Waals surface area contributed by atoms with E-state index in [1.54, 1.807) is 42.2 Å². The van der Waals surface area contributed by atoms with Crippen LogP contribution in [0, 0.1) is 0 Å². The Morgan fingerprint density at radius 3 is 2.65 bits per heavy atom. The predicted molar refractivity (Wildman–Crippen MR) is 138 cm³/mol. The van der Waals surface area contributed by atoms with E-state index < -0.39 is 18.5 Å². The highest BCUT2D eigenvalue weighted by molar-refractivity contribution is 5.91. The molecular weight excluding hydrogens is 529 g/mol. The maximum atomic E-state index is 12.8. The van der Waals surface area contributed by atoms with Crippen LogP contribution < -0.4 is 15.4 Å². The molecule has 3 N–H and O–H groups in total. The molecule has 1 aromatic carbocycles. The van der Waals surface area contributed by atoms with Crippen molar-refractivity contribution in [3.05, 3.63) is 78.0 Å². The number of carbonyl (C=O) groups excluding carboxylic acids is 1. The molecule has 11 nitrogen and oxygen atoms in total. The average Bonchev–Trinajstić information content (AvgIpc) is 3.40. The normalized spacial score (nSPS) is 12.2. The van der Waals surface area contributed by atoms with Crippen molar-refractivity contribution in [1.82, 2.24) is 35.5 Å². The third kappa shape index (κ3) is 8.28. The number of aromatic nitrogens is 6. The average molecular weight is 557 g/mol. The standard InChI is InChI=1S/C26H27F3N8O3/c1-30-25(39)21-16-37(36-34-21)13-5-4-6-18-9-10-23(35-33-18)32-24(38)15-19-14-17(11-12-31-19)20-7-2-3-8-22(20)40-26(27,28)29/h2-3,7-12,14,16,25,30,39H,4-6,13,15H2,1H3,(H,32,35,38). The lowest BCUT2D eigenvalue weighted by atomic mass is 10.0. The second kappa shape index (κ2) is 13.1. The van der Waals surface area contributed by atoms with Crippen molar-refractivity contribution in [2.75, 3.05) is 12.4 Å². The zero-order chi connectivity index (χ0) is 28.5. The second-order valence-electron chi connectivity index (χ2n) is 8.77. The number of carbonyl (C=O) groups is 1. The molecule has 1 amide bonds. The number of nitrogens with zero attached hydrogens (tertiary/aromatic N) is 6. The highest BCUT2D eigenvalue weighted by atomic mass is 19.4. The molecule has 1 atom stereocenters. The van der Waals surface area contributed by atoms with Crippen molar-refractivity contribution >= 4 is 11.7 Å². The van der Waals surface area contributed by atoms with Crippen molar-refractivity contribution < 1.29 is 27.8 Å². The first-order valence-corrected chi connectivity index (χ1v) is 12.4. The van der Waals surface area contributed by atoms with Crippen LogP contribution >= 0.6 is 0 Å². The molecule has 4 aromatic rings. The molecule has 40 heavy (non-hydrogen) atoms. The molecule has 0 spiro atoms. The van der Waals surface area contributed by atoms with Gasteiger partial charge in [0.05, 0.1) is 24.0 Å². The third-order valence-corrected chi connectivity index (χ3v) is 5.75. The van der Waals surface area contributed by atoms with Gasteiger partial charge in [-0.1, -0.05) is 23.4 Å². The Morgan fingerprint density at radius 2 is 1.90 bits per heavy atom. The number of amides is 1. The van der Waals surface area contributed by atoms with Crippen LogP contribution in [0.4, 0.5) is 19.0 Å². The molecule has 1 unspecified atom stereocenters. The fraction of sp³-hybridized carbons (Fsp3) is 0.308. The summed E-state index contributed by atoms with van der Waals surface area (Å²) >= 11 is 0. The lowest BCUT2D eigenvalue weighted by Gasteiger charge is -2.13. The highest BCUT2D eigenvalue weighted by Gasteiger charge is 2.32. The largest absolute Gasteiger partial charge is 0.573 e. The number of nitrogens with one attached hydrogen (secondary N) is 2. The van der Waals surface area contributed by atoms with Crippen LogP contribution in [-0.2, 0) is 24.2 Å². The maximum Gasteiger partial charge on any atom is 0.573 e. The van der Waals surface area contributed by atoms with Crippen molar-refractivity contribution in [3.8, 4) is 16.9 Å². The molecule has 0 fully saturated rings. The molecule has 0 aliphatic rings. The summed E-state index contributed by atoms with van der Waals surface area (Å²) in [6.45, 7) is 0.640. The van der Waals surface area contributed by atoms with Gasteiger partial charge in [-0.15, -0.1) is 23.4 Å². The van der Waals surface area contributed by atoms with E-state index in [1.807, 2.05) is 0 Å². The van der Waals surface area contributed by atoms with Gasteiger partial charge in [-0.25, -0.2) is 0 Å². The van der Waals surface area contributed by atoms with Gasteiger partial charge in [-0.2, -0.15) is 5.10 Å². The number of halogens is 3. The molecule has 0 bridgehead atoms. The zero-order valence-electron chi connectivity index (χ0n) is 21.5. The van der Waals surface area contributed by atoms with Crippen LogP contribution in [0.3, 0.4) is 0 Å². The first kappa shape index (κ1) is 28.6. The monoisotopic (exact) mass is 556 g/mol. The number of aliphatic hydroxyl groups excluding tert-OH is 1. The van der Waals surface area contributed by atoms with Crippen LogP contribution in [0.15, 0.2) is 60.9 Å². The number of hydrogen-bond acceptors (Lipinski definition) is 9. The summed E-state index contributed by atoms with van der Waals surface area (Å²) in [5, 5.41) is 31.1. The number of alkyl halides is 3. The van der Waals surface area contributed by atoms with E-state index in [4.69, 9.17) is 0 Å². The number of ether oxygens (including phenoxy) is 1. The van der Waals surface area contributed by atoms with Crippen molar-refractivity contribution in [1.29, 1.82) is 0 Å². The molecular formula is C26H27F3N8O3. The van der Waals surface area contributed by atoms with Crippen LogP contribution in [0.2, 0.25) is 0 Å². The molecule has 14 heteroatoms. The van der Waals surface area contributed by atoms with Gasteiger partial charge in [0.15, 0.2) is 12.0 Å². The van der Waals surface area contributed by atoms with E-state index in [1.165, 1.54) is 30.5 Å². The summed E-state index contributed by atoms with van der Waals surface area (Å²) in [6.07, 6.45) is -0.375. The van der Waals surface area contributed by atoms with E-state index in [0.717, 1.165) is 18.5 Å². The summed E-state index contributed by atoms with van der Waals surface area (Å²) in [5.74, 6) is -0.474. The Hall–Kier alpha value is -4.43. The van der Waals surface area contributed by atoms with Gasteiger partial charge in [-0.05, 0) is 62.2 Å². The predicted octanol–water partition coefficient (Wildman–Crippen LogP) is 3.44. The number of benzene rings is 1. The molecule has 0 saturated heterocycles. The second-order valence-corrected chi connectivity index (χ2v) is 8.77. The topological polar surface area (TPSA) is 140 Å². The number of aryl methyl sites for hydroxylation is 2. The molecule has 0 aliphatic heterocycles. The van der Waals surface area contributed by atoms with Crippen LogP contribution in [0.25, 0.3) is 11.1 Å². The Bertz CT molecular complexity index is 1410. The van der Waals surface area contributed by atoms with E-state index >= 15 is 0 Å². The summed E-state index contributed by atoms with van der Waals surface area (Å²) in [7, 11) is 1.63. The molecule has 4 rings (SSSR count). The Kier molecular flexibility index (Phi) is 9.35. The van der Waals surface area contributed by atoms with Crippen molar-refractivity contribution in [3.63, 3.8) is 0 Å². The number of pyridine rings is 1. The Balaban J connectivity index is 1.27. The lowest BCUT2D eigenvalue weighted by molar-refractivity contribution is -0.274. The summed E-state index contributed by atoms with van der Waals surface area (Å²) in [5.41, 5.74) is 2.24. The zero-order valence-corrected chi connectivity index (χ0v) is 21.5. The lowest BCUT2D eigenvalue weighted by Crippen LogP contribution is -2.17. The Morgan fingerprint density at radius 1 is 1.07 bits per heavy atom. The number of para-hydroxylation sites is 1. The molecule has 0 saturated carbocycles. The van der Waals surface area contributed by atoms with Crippen molar-refractivity contribution in [2.45, 2.75) is 44.8 Å². The highest BCUT2D eigenvalue weighted by Crippen LogP contribution is 2.33. The number of aliphatic hydroxyl groups is 1. The molecule has 0 radical (unpaired) electrons. The minimum absolute atomic E-state index is 0.116. The molecule has 3 heterocycles. The van der Waals surface area contributed by atoms with Crippen LogP contribution in [0.1, 0.15) is 36.2 Å². The van der Waals surface area contributed by atoms with E-state index in [9.17, 15) is 23.1 Å². The van der Waals surface area contributed by atoms with Gasteiger partial charge >= 0.3 is 6.36 Å². The Labute approximate surface area is 227 Å². The summed E-state index contributed by atoms with van der Waals surface area (Å²) < 4.78 is 44.1. The van der Waals surface area contributed by atoms with Gasteiger partial charge in [0, 0.05) is 18.3 Å². The number of anilines is 1. The van der Waals surface area contributed by atoms with Gasteiger partial charge in [0.25, 0.3) is 0 Å². The summed E-state index contributed by atoms with van der Waals surface area (Å²) in [4.78, 5) is 16.7. The van der Waals surface area contributed by atoms with Crippen LogP contribution in [-0.4, -0.2) is 54.6 Å². The number of hydrogen-bond donors (Lipinski definition) is 3. The molecule has 0 aliphatic carbocycles.